The number of amides is 1. The van der Waals surface area contributed by atoms with Crippen LogP contribution in [0.25, 0.3) is 0 Å². The SMILES string of the molecule is CC(C)(O)c1ccc(S(=O)(=O)N2CCC(c3ccccc3)CC2)cc1N1[C@@H]2CC[C@H]1CN(C(=O)c1ccc(F)cc1Cl)C2. The van der Waals surface area contributed by atoms with Gasteiger partial charge in [0, 0.05) is 49.5 Å². The van der Waals surface area contributed by atoms with Crippen molar-refractivity contribution < 1.29 is 22.7 Å². The molecule has 6 rings (SSSR count). The van der Waals surface area contributed by atoms with Gasteiger partial charge < -0.3 is 14.9 Å². The highest BCUT2D eigenvalue weighted by Crippen LogP contribution is 2.42. The number of anilines is 1. The van der Waals surface area contributed by atoms with Crippen molar-refractivity contribution in [2.45, 2.75) is 68.0 Å². The van der Waals surface area contributed by atoms with Crippen LogP contribution in [0.3, 0.4) is 0 Å². The molecule has 0 aromatic heterocycles. The minimum absolute atomic E-state index is 0.0670. The summed E-state index contributed by atoms with van der Waals surface area (Å²) in [5.41, 5.74) is 1.63. The van der Waals surface area contributed by atoms with E-state index in [2.05, 4.69) is 17.0 Å². The van der Waals surface area contributed by atoms with Crippen LogP contribution in [0.4, 0.5) is 10.1 Å². The molecule has 3 aromatic carbocycles. The number of hydrogen-bond acceptors (Lipinski definition) is 5. The summed E-state index contributed by atoms with van der Waals surface area (Å²) in [6.45, 7) is 5.13. The van der Waals surface area contributed by atoms with E-state index in [0.29, 0.717) is 43.3 Å². The third-order valence-corrected chi connectivity index (χ3v) is 11.4. The van der Waals surface area contributed by atoms with Crippen molar-refractivity contribution in [3.05, 3.63) is 94.3 Å². The summed E-state index contributed by atoms with van der Waals surface area (Å²) >= 11 is 6.20. The first kappa shape index (κ1) is 30.1. The number of hydrogen-bond donors (Lipinski definition) is 1. The van der Waals surface area contributed by atoms with E-state index in [1.54, 1.807) is 41.3 Å². The zero-order valence-corrected chi connectivity index (χ0v) is 26.0. The van der Waals surface area contributed by atoms with E-state index in [4.69, 9.17) is 11.6 Å². The Balaban J connectivity index is 1.26. The number of carbonyl (C=O) groups excluding carboxylic acids is 1. The van der Waals surface area contributed by atoms with Gasteiger partial charge in [0.05, 0.1) is 21.1 Å². The van der Waals surface area contributed by atoms with Gasteiger partial charge >= 0.3 is 0 Å². The second-order valence-electron chi connectivity index (χ2n) is 12.5. The Kier molecular flexibility index (Phi) is 8.04. The molecule has 1 amide bonds. The van der Waals surface area contributed by atoms with Gasteiger partial charge in [-0.1, -0.05) is 48.0 Å². The first-order valence-corrected chi connectivity index (χ1v) is 16.7. The third-order valence-electron chi connectivity index (χ3n) is 9.20. The zero-order chi connectivity index (χ0) is 30.5. The van der Waals surface area contributed by atoms with Gasteiger partial charge in [-0.15, -0.1) is 0 Å². The van der Waals surface area contributed by atoms with Gasteiger partial charge in [0.25, 0.3) is 5.91 Å². The average Bonchev–Trinajstić information content (AvgIpc) is 3.25. The molecule has 3 fully saturated rings. The van der Waals surface area contributed by atoms with Crippen LogP contribution in [-0.4, -0.2) is 66.9 Å². The summed E-state index contributed by atoms with van der Waals surface area (Å²) in [7, 11) is -3.76. The van der Waals surface area contributed by atoms with Crippen LogP contribution in [0, 0.1) is 5.82 Å². The summed E-state index contributed by atoms with van der Waals surface area (Å²) < 4.78 is 43.0. The first-order chi connectivity index (χ1) is 20.4. The molecule has 3 aromatic rings. The summed E-state index contributed by atoms with van der Waals surface area (Å²) in [4.78, 5) is 17.5. The number of nitrogens with zero attached hydrogens (tertiary/aromatic N) is 3. The fraction of sp³-hybridized carbons (Fsp3) is 0.424. The Morgan fingerprint density at radius 1 is 0.930 bits per heavy atom. The Morgan fingerprint density at radius 3 is 2.19 bits per heavy atom. The molecule has 228 valence electrons. The molecule has 3 aliphatic rings. The minimum Gasteiger partial charge on any atom is -0.386 e. The average molecular weight is 626 g/mol. The van der Waals surface area contributed by atoms with Crippen LogP contribution >= 0.6 is 11.6 Å². The molecule has 0 spiro atoms. The van der Waals surface area contributed by atoms with E-state index in [1.807, 2.05) is 18.2 Å². The maximum absolute atomic E-state index is 13.9. The van der Waals surface area contributed by atoms with Crippen molar-refractivity contribution >= 4 is 33.2 Å². The van der Waals surface area contributed by atoms with Crippen LogP contribution in [0.1, 0.15) is 66.9 Å². The molecule has 2 atom stereocenters. The van der Waals surface area contributed by atoms with Crippen LogP contribution in [0.15, 0.2) is 71.6 Å². The summed E-state index contributed by atoms with van der Waals surface area (Å²) in [5, 5.41) is 11.2. The van der Waals surface area contributed by atoms with Gasteiger partial charge in [-0.25, -0.2) is 12.8 Å². The highest BCUT2D eigenvalue weighted by atomic mass is 35.5. The number of carbonyl (C=O) groups is 1. The van der Waals surface area contributed by atoms with Crippen molar-refractivity contribution in [3.8, 4) is 0 Å². The van der Waals surface area contributed by atoms with Gasteiger partial charge in [0.15, 0.2) is 0 Å². The standard InChI is InChI=1S/C33H37ClFN3O4S/c1-33(2,40)29-13-11-27(43(41,42)37-16-14-23(15-17-37)22-6-4-3-5-7-22)19-31(29)38-25-9-10-26(38)21-36(20-25)32(39)28-12-8-24(35)18-30(28)34/h3-8,11-13,18-19,23,25-26,40H,9-10,14-17,20-21H2,1-2H3/t25-,26+. The maximum atomic E-state index is 13.9. The molecule has 3 saturated heterocycles. The molecule has 3 heterocycles. The number of sulfonamides is 1. The Labute approximate surface area is 257 Å². The van der Waals surface area contributed by atoms with E-state index in [1.165, 1.54) is 17.7 Å². The second kappa shape index (κ2) is 11.5. The number of likely N-dealkylation sites (tertiary alicyclic amines) is 1. The van der Waals surface area contributed by atoms with Crippen molar-refractivity contribution in [1.29, 1.82) is 0 Å². The lowest BCUT2D eigenvalue weighted by Crippen LogP contribution is -2.56. The lowest BCUT2D eigenvalue weighted by molar-refractivity contribution is 0.0706. The highest BCUT2D eigenvalue weighted by Gasteiger charge is 2.44. The van der Waals surface area contributed by atoms with E-state index in [9.17, 15) is 22.7 Å². The molecule has 43 heavy (non-hydrogen) atoms. The lowest BCUT2D eigenvalue weighted by Gasteiger charge is -2.44. The molecule has 0 aliphatic carbocycles. The highest BCUT2D eigenvalue weighted by molar-refractivity contribution is 7.89. The number of halogens is 2. The summed E-state index contributed by atoms with van der Waals surface area (Å²) in [6, 6.07) is 18.9. The molecule has 2 bridgehead atoms. The van der Waals surface area contributed by atoms with Crippen LogP contribution in [-0.2, 0) is 15.6 Å². The van der Waals surface area contributed by atoms with E-state index >= 15 is 0 Å². The topological polar surface area (TPSA) is 81.2 Å². The predicted octanol–water partition coefficient (Wildman–Crippen LogP) is 5.77. The fourth-order valence-corrected chi connectivity index (χ4v) is 8.74. The van der Waals surface area contributed by atoms with Crippen LogP contribution in [0.2, 0.25) is 5.02 Å². The number of aliphatic hydroxyl groups is 1. The number of fused-ring (bicyclic) bond motifs is 2. The van der Waals surface area contributed by atoms with Crippen molar-refractivity contribution in [2.24, 2.45) is 0 Å². The summed E-state index contributed by atoms with van der Waals surface area (Å²) in [5.74, 6) is -0.416. The molecule has 0 saturated carbocycles. The maximum Gasteiger partial charge on any atom is 0.255 e. The lowest BCUT2D eigenvalue weighted by atomic mass is 9.90. The molecule has 0 radical (unpaired) electrons. The second-order valence-corrected chi connectivity index (χ2v) is 14.8. The number of benzene rings is 3. The van der Waals surface area contributed by atoms with Gasteiger partial charge in [0.1, 0.15) is 5.82 Å². The van der Waals surface area contributed by atoms with Crippen molar-refractivity contribution in [2.75, 3.05) is 31.1 Å². The van der Waals surface area contributed by atoms with Crippen molar-refractivity contribution in [1.82, 2.24) is 9.21 Å². The smallest absolute Gasteiger partial charge is 0.255 e. The Hall–Kier alpha value is -2.98. The molecular formula is C33H37ClFN3O4S. The van der Waals surface area contributed by atoms with Gasteiger partial charge in [-0.05, 0) is 81.3 Å². The predicted molar refractivity (Wildman–Crippen MR) is 165 cm³/mol. The quantitative estimate of drug-likeness (QED) is 0.376. The summed E-state index contributed by atoms with van der Waals surface area (Å²) in [6.07, 6.45) is 3.16. The molecule has 10 heteroatoms. The normalized spacial score (nSPS) is 21.8. The molecule has 0 unspecified atom stereocenters. The largest absolute Gasteiger partial charge is 0.386 e. The molecule has 3 aliphatic heterocycles. The number of piperidine rings is 1. The van der Waals surface area contributed by atoms with E-state index in [0.717, 1.165) is 31.7 Å². The number of piperazine rings is 1. The van der Waals surface area contributed by atoms with Crippen LogP contribution in [0.5, 0.6) is 0 Å². The van der Waals surface area contributed by atoms with E-state index < -0.39 is 21.4 Å². The van der Waals surface area contributed by atoms with E-state index in [-0.39, 0.29) is 33.5 Å². The zero-order valence-electron chi connectivity index (χ0n) is 24.4. The van der Waals surface area contributed by atoms with Crippen LogP contribution < -0.4 is 4.90 Å². The fourth-order valence-electron chi connectivity index (χ4n) is 7.00. The van der Waals surface area contributed by atoms with Gasteiger partial charge in [-0.2, -0.15) is 4.31 Å². The van der Waals surface area contributed by atoms with Gasteiger partial charge in [0.2, 0.25) is 10.0 Å². The van der Waals surface area contributed by atoms with Crippen molar-refractivity contribution in [3.63, 3.8) is 0 Å². The molecule has 7 nitrogen and oxygen atoms in total. The Morgan fingerprint density at radius 2 is 1.58 bits per heavy atom. The monoisotopic (exact) mass is 625 g/mol. The molecule has 1 N–H and O–H groups in total. The third kappa shape index (κ3) is 5.80. The first-order valence-electron chi connectivity index (χ1n) is 14.9. The van der Waals surface area contributed by atoms with Gasteiger partial charge in [-0.3, -0.25) is 4.79 Å². The minimum atomic E-state index is -3.76. The Bertz CT molecular complexity index is 1610. The molecular weight excluding hydrogens is 589 g/mol. The number of rotatable bonds is 6.